The van der Waals surface area contributed by atoms with Crippen LogP contribution in [-0.4, -0.2) is 27.8 Å². The Labute approximate surface area is 184 Å². The number of nitrogens with zero attached hydrogens (tertiary/aromatic N) is 3. The third-order valence-electron chi connectivity index (χ3n) is 4.82. The number of nitrogens with one attached hydrogen (secondary N) is 1. The molecule has 0 fully saturated rings. The summed E-state index contributed by atoms with van der Waals surface area (Å²) in [7, 11) is 1.79. The van der Waals surface area contributed by atoms with Crippen LogP contribution in [0.2, 0.25) is 0 Å². The second kappa shape index (κ2) is 9.62. The lowest BCUT2D eigenvalue weighted by Crippen LogP contribution is -2.19. The van der Waals surface area contributed by atoms with E-state index in [1.54, 1.807) is 61.1 Å². The first-order chi connectivity index (χ1) is 15.3. The summed E-state index contributed by atoms with van der Waals surface area (Å²) in [6.45, 7) is 3.84. The van der Waals surface area contributed by atoms with Crippen molar-refractivity contribution in [2.75, 3.05) is 11.9 Å². The molecule has 0 bridgehead atoms. The van der Waals surface area contributed by atoms with Crippen LogP contribution >= 0.6 is 0 Å². The van der Waals surface area contributed by atoms with Crippen LogP contribution in [0.25, 0.3) is 11.8 Å². The van der Waals surface area contributed by atoms with E-state index in [1.807, 2.05) is 13.0 Å². The largest absolute Gasteiger partial charge is 0.462 e. The highest BCUT2D eigenvalue weighted by Gasteiger charge is 2.12. The quantitative estimate of drug-likeness (QED) is 0.367. The third-order valence-corrected chi connectivity index (χ3v) is 4.82. The summed E-state index contributed by atoms with van der Waals surface area (Å²) in [5, 5.41) is 12.1. The zero-order valence-corrected chi connectivity index (χ0v) is 18.0. The fourth-order valence-corrected chi connectivity index (χ4v) is 3.07. The van der Waals surface area contributed by atoms with Gasteiger partial charge in [0.2, 0.25) is 0 Å². The molecule has 2 aromatic carbocycles. The van der Waals surface area contributed by atoms with Gasteiger partial charge in [-0.2, -0.15) is 5.26 Å². The topological polar surface area (TPSA) is 106 Å². The number of aryl methyl sites for hydroxylation is 1. The van der Waals surface area contributed by atoms with Crippen LogP contribution in [0.1, 0.15) is 28.5 Å². The van der Waals surface area contributed by atoms with Crippen molar-refractivity contribution < 1.29 is 14.3 Å². The molecular formula is C24H22N4O4. The smallest absolute Gasteiger partial charge is 0.338 e. The van der Waals surface area contributed by atoms with Crippen LogP contribution in [0.4, 0.5) is 5.69 Å². The Hall–Kier alpha value is -4.38. The molecule has 0 atom stereocenters. The lowest BCUT2D eigenvalue weighted by atomic mass is 10.1. The Kier molecular flexibility index (Phi) is 6.71. The fraction of sp³-hybridized carbons (Fsp3) is 0.167. The van der Waals surface area contributed by atoms with Gasteiger partial charge in [-0.05, 0) is 61.9 Å². The monoisotopic (exact) mass is 430 g/mol. The number of ether oxygens (including phenoxy) is 1. The molecule has 8 nitrogen and oxygen atoms in total. The second-order valence-electron chi connectivity index (χ2n) is 6.97. The van der Waals surface area contributed by atoms with Gasteiger partial charge in [0.15, 0.2) is 0 Å². The van der Waals surface area contributed by atoms with E-state index in [9.17, 15) is 19.6 Å². The number of nitriles is 1. The van der Waals surface area contributed by atoms with Crippen molar-refractivity contribution in [2.45, 2.75) is 13.8 Å². The van der Waals surface area contributed by atoms with Crippen LogP contribution in [0, 0.1) is 18.3 Å². The maximum atomic E-state index is 12.5. The highest BCUT2D eigenvalue weighted by molar-refractivity contribution is 6.09. The molecule has 1 aromatic heterocycles. The first kappa shape index (κ1) is 22.3. The Morgan fingerprint density at radius 2 is 1.78 bits per heavy atom. The van der Waals surface area contributed by atoms with E-state index in [0.717, 1.165) is 5.69 Å². The van der Waals surface area contributed by atoms with Crippen molar-refractivity contribution in [1.82, 2.24) is 9.36 Å². The Morgan fingerprint density at radius 1 is 1.12 bits per heavy atom. The number of hydrogen-bond donors (Lipinski definition) is 1. The highest BCUT2D eigenvalue weighted by Crippen LogP contribution is 2.15. The van der Waals surface area contributed by atoms with Crippen LogP contribution in [-0.2, 0) is 16.6 Å². The highest BCUT2D eigenvalue weighted by atomic mass is 16.5. The Morgan fingerprint density at radius 3 is 2.31 bits per heavy atom. The van der Waals surface area contributed by atoms with Gasteiger partial charge in [-0.1, -0.05) is 12.1 Å². The van der Waals surface area contributed by atoms with Gasteiger partial charge in [-0.3, -0.25) is 14.3 Å². The van der Waals surface area contributed by atoms with Crippen LogP contribution in [0.5, 0.6) is 0 Å². The molecule has 0 spiro atoms. The zero-order chi connectivity index (χ0) is 23.3. The molecule has 0 aliphatic rings. The van der Waals surface area contributed by atoms with Gasteiger partial charge in [0.05, 0.1) is 17.9 Å². The van der Waals surface area contributed by atoms with E-state index in [1.165, 1.54) is 22.9 Å². The van der Waals surface area contributed by atoms with Crippen molar-refractivity contribution in [3.63, 3.8) is 0 Å². The molecule has 3 aromatic rings. The van der Waals surface area contributed by atoms with Crippen LogP contribution in [0.15, 0.2) is 65.0 Å². The summed E-state index contributed by atoms with van der Waals surface area (Å²) in [6.07, 6.45) is 1.46. The molecule has 1 amide bonds. The van der Waals surface area contributed by atoms with E-state index < -0.39 is 11.9 Å². The predicted octanol–water partition coefficient (Wildman–Crippen LogP) is 3.21. The Balaban J connectivity index is 1.75. The maximum Gasteiger partial charge on any atom is 0.338 e. The van der Waals surface area contributed by atoms with Gasteiger partial charge in [0.1, 0.15) is 11.6 Å². The van der Waals surface area contributed by atoms with E-state index >= 15 is 0 Å². The predicted molar refractivity (Wildman–Crippen MR) is 120 cm³/mol. The van der Waals surface area contributed by atoms with Gasteiger partial charge in [0.25, 0.3) is 11.5 Å². The van der Waals surface area contributed by atoms with Gasteiger partial charge >= 0.3 is 5.97 Å². The first-order valence-corrected chi connectivity index (χ1v) is 9.90. The fourth-order valence-electron chi connectivity index (χ4n) is 3.07. The average Bonchev–Trinajstić information content (AvgIpc) is 3.04. The molecule has 1 heterocycles. The number of benzene rings is 2. The summed E-state index contributed by atoms with van der Waals surface area (Å²) in [5.41, 5.74) is 2.73. The summed E-state index contributed by atoms with van der Waals surface area (Å²) in [6, 6.07) is 16.6. The molecule has 32 heavy (non-hydrogen) atoms. The van der Waals surface area contributed by atoms with Crippen molar-refractivity contribution >= 4 is 23.6 Å². The lowest BCUT2D eigenvalue weighted by molar-refractivity contribution is -0.112. The SMILES string of the molecule is CCOC(=O)c1ccc(NC(=O)C(C#N)=Cc2ccc(-n3c(=O)cc(C)n3C)cc2)cc1. The number of anilines is 1. The van der Waals surface area contributed by atoms with E-state index in [-0.39, 0.29) is 17.7 Å². The number of esters is 1. The van der Waals surface area contributed by atoms with E-state index in [0.29, 0.717) is 22.5 Å². The van der Waals surface area contributed by atoms with Crippen molar-refractivity contribution in [3.8, 4) is 11.8 Å². The average molecular weight is 430 g/mol. The minimum absolute atomic E-state index is 0.0842. The number of carbonyl (C=O) groups is 2. The molecule has 0 saturated carbocycles. The second-order valence-corrected chi connectivity index (χ2v) is 6.97. The molecule has 0 unspecified atom stereocenters. The standard InChI is InChI=1S/C24H22N4O4/c1-4-32-24(31)18-7-9-20(10-8-18)26-23(30)19(15-25)14-17-5-11-21(12-6-17)28-22(29)13-16(2)27(28)3/h5-14H,4H2,1-3H3,(H,26,30). The van der Waals surface area contributed by atoms with Gasteiger partial charge in [-0.15, -0.1) is 0 Å². The molecule has 0 aliphatic heterocycles. The van der Waals surface area contributed by atoms with Crippen molar-refractivity contribution in [1.29, 1.82) is 5.26 Å². The van der Waals surface area contributed by atoms with Crippen LogP contribution < -0.4 is 10.9 Å². The first-order valence-electron chi connectivity index (χ1n) is 9.90. The number of aromatic nitrogens is 2. The summed E-state index contributed by atoms with van der Waals surface area (Å²) >= 11 is 0. The molecule has 0 aliphatic carbocycles. The van der Waals surface area contributed by atoms with Crippen molar-refractivity contribution in [2.24, 2.45) is 7.05 Å². The molecule has 3 rings (SSSR count). The van der Waals surface area contributed by atoms with Crippen LogP contribution in [0.3, 0.4) is 0 Å². The maximum absolute atomic E-state index is 12.5. The molecule has 0 saturated heterocycles. The third kappa shape index (κ3) is 4.84. The zero-order valence-electron chi connectivity index (χ0n) is 18.0. The number of rotatable bonds is 6. The van der Waals surface area contributed by atoms with Crippen molar-refractivity contribution in [3.05, 3.63) is 87.3 Å². The number of amides is 1. The summed E-state index contributed by atoms with van der Waals surface area (Å²) in [5.74, 6) is -1.02. The molecule has 8 heteroatoms. The minimum Gasteiger partial charge on any atom is -0.462 e. The molecule has 0 radical (unpaired) electrons. The Bertz CT molecular complexity index is 1270. The molecule has 1 N–H and O–H groups in total. The lowest BCUT2D eigenvalue weighted by Gasteiger charge is -2.09. The molecular weight excluding hydrogens is 408 g/mol. The summed E-state index contributed by atoms with van der Waals surface area (Å²) in [4.78, 5) is 36.3. The van der Waals surface area contributed by atoms with Gasteiger partial charge in [-0.25, -0.2) is 9.48 Å². The number of carbonyl (C=O) groups excluding carboxylic acids is 2. The van der Waals surface area contributed by atoms with Gasteiger partial charge in [0, 0.05) is 24.5 Å². The minimum atomic E-state index is -0.574. The normalized spacial score (nSPS) is 11.0. The molecule has 162 valence electrons. The van der Waals surface area contributed by atoms with Gasteiger partial charge < -0.3 is 10.1 Å². The van der Waals surface area contributed by atoms with E-state index in [2.05, 4.69) is 5.32 Å². The number of hydrogen-bond acceptors (Lipinski definition) is 5. The summed E-state index contributed by atoms with van der Waals surface area (Å²) < 4.78 is 8.20. The van der Waals surface area contributed by atoms with E-state index in [4.69, 9.17) is 4.74 Å².